The number of amides is 2. The van der Waals surface area contributed by atoms with Crippen LogP contribution >= 0.6 is 11.3 Å². The third-order valence-electron chi connectivity index (χ3n) is 4.60. The molecule has 28 heavy (non-hydrogen) atoms. The van der Waals surface area contributed by atoms with Gasteiger partial charge in [-0.25, -0.2) is 9.78 Å². The van der Waals surface area contributed by atoms with Gasteiger partial charge in [0, 0.05) is 35.4 Å². The van der Waals surface area contributed by atoms with Crippen molar-refractivity contribution in [2.45, 2.75) is 46.2 Å². The lowest BCUT2D eigenvalue weighted by molar-refractivity contribution is 0.245. The molecular weight excluding hydrogens is 368 g/mol. The van der Waals surface area contributed by atoms with Crippen molar-refractivity contribution in [1.29, 1.82) is 0 Å². The first-order valence-corrected chi connectivity index (χ1v) is 10.5. The highest BCUT2D eigenvalue weighted by Crippen LogP contribution is 2.26. The summed E-state index contributed by atoms with van der Waals surface area (Å²) in [6.45, 7) is 9.24. The first-order chi connectivity index (χ1) is 13.4. The Balaban J connectivity index is 1.67. The minimum atomic E-state index is -0.185. The molecule has 0 saturated heterocycles. The van der Waals surface area contributed by atoms with Gasteiger partial charge in [-0.3, -0.25) is 0 Å². The summed E-state index contributed by atoms with van der Waals surface area (Å²) >= 11 is 1.66. The van der Waals surface area contributed by atoms with E-state index >= 15 is 0 Å². The Morgan fingerprint density at radius 3 is 2.68 bits per heavy atom. The maximum absolute atomic E-state index is 12.6. The van der Waals surface area contributed by atoms with Crippen LogP contribution in [0.5, 0.6) is 0 Å². The fourth-order valence-electron chi connectivity index (χ4n) is 3.24. The molecular formula is C22H28N4OS. The van der Waals surface area contributed by atoms with E-state index in [1.807, 2.05) is 42.0 Å². The molecule has 2 N–H and O–H groups in total. The number of thiophene rings is 1. The molecule has 6 heteroatoms. The number of nitrogens with one attached hydrogen (secondary N) is 2. The van der Waals surface area contributed by atoms with E-state index in [4.69, 9.17) is 0 Å². The molecule has 3 rings (SSSR count). The topological polar surface area (TPSA) is 59.0 Å². The van der Waals surface area contributed by atoms with E-state index in [0.717, 1.165) is 23.6 Å². The van der Waals surface area contributed by atoms with Crippen molar-refractivity contribution < 1.29 is 4.79 Å². The molecule has 0 aliphatic carbocycles. The Morgan fingerprint density at radius 2 is 2.00 bits per heavy atom. The minimum absolute atomic E-state index is 0.00253. The zero-order chi connectivity index (χ0) is 20.1. The molecule has 5 nitrogen and oxygen atoms in total. The van der Waals surface area contributed by atoms with E-state index in [0.29, 0.717) is 11.8 Å². The SMILES string of the molecule is CC(C)c1nccn1Cc1cccc(NC(=O)NC(c2cccs2)C(C)C)c1. The summed E-state index contributed by atoms with van der Waals surface area (Å²) in [5.41, 5.74) is 1.91. The number of benzene rings is 1. The number of imidazole rings is 1. The minimum Gasteiger partial charge on any atom is -0.330 e. The molecule has 0 saturated carbocycles. The summed E-state index contributed by atoms with van der Waals surface area (Å²) in [5.74, 6) is 1.74. The van der Waals surface area contributed by atoms with Gasteiger partial charge < -0.3 is 15.2 Å². The predicted molar refractivity (Wildman–Crippen MR) is 116 cm³/mol. The van der Waals surface area contributed by atoms with Crippen LogP contribution in [0, 0.1) is 5.92 Å². The monoisotopic (exact) mass is 396 g/mol. The van der Waals surface area contributed by atoms with Crippen molar-refractivity contribution in [3.63, 3.8) is 0 Å². The lowest BCUT2D eigenvalue weighted by atomic mass is 10.0. The lowest BCUT2D eigenvalue weighted by Crippen LogP contribution is -2.34. The molecule has 0 spiro atoms. The first-order valence-electron chi connectivity index (χ1n) is 9.65. The molecule has 1 unspecified atom stereocenters. The van der Waals surface area contributed by atoms with Gasteiger partial charge in [0.1, 0.15) is 5.82 Å². The van der Waals surface area contributed by atoms with Crippen LogP contribution in [0.2, 0.25) is 0 Å². The van der Waals surface area contributed by atoms with Crippen LogP contribution < -0.4 is 10.6 Å². The first kappa shape index (κ1) is 20.1. The van der Waals surface area contributed by atoms with Crippen LogP contribution in [-0.2, 0) is 6.54 Å². The Kier molecular flexibility index (Phi) is 6.52. The maximum atomic E-state index is 12.6. The standard InChI is InChI=1S/C22H28N4OS/c1-15(2)20(19-9-6-12-28-19)25-22(27)24-18-8-5-7-17(13-18)14-26-11-10-23-21(26)16(3)4/h5-13,15-16,20H,14H2,1-4H3,(H2,24,25,27). The number of aromatic nitrogens is 2. The number of rotatable bonds is 7. The maximum Gasteiger partial charge on any atom is 0.319 e. The number of urea groups is 1. The normalized spacial score (nSPS) is 12.4. The van der Waals surface area contributed by atoms with E-state index in [2.05, 4.69) is 60.0 Å². The molecule has 0 aliphatic rings. The molecule has 1 atom stereocenters. The third kappa shape index (κ3) is 5.01. The molecule has 0 fully saturated rings. The Morgan fingerprint density at radius 1 is 1.18 bits per heavy atom. The summed E-state index contributed by atoms with van der Waals surface area (Å²) in [6.07, 6.45) is 3.83. The smallest absolute Gasteiger partial charge is 0.319 e. The number of carbonyl (C=O) groups excluding carboxylic acids is 1. The van der Waals surface area contributed by atoms with E-state index in [-0.39, 0.29) is 12.1 Å². The lowest BCUT2D eigenvalue weighted by Gasteiger charge is -2.21. The fourth-order valence-corrected chi connectivity index (χ4v) is 4.19. The van der Waals surface area contributed by atoms with Crippen molar-refractivity contribution in [3.05, 3.63) is 70.4 Å². The number of anilines is 1. The highest BCUT2D eigenvalue weighted by atomic mass is 32.1. The Hall–Kier alpha value is -2.60. The predicted octanol–water partition coefficient (Wildman–Crippen LogP) is 5.64. The molecule has 0 aliphatic heterocycles. The number of nitrogens with zero attached hydrogens (tertiary/aromatic N) is 2. The zero-order valence-electron chi connectivity index (χ0n) is 16.8. The molecule has 148 valence electrons. The number of carbonyl (C=O) groups is 1. The molecule has 2 amide bonds. The van der Waals surface area contributed by atoms with E-state index in [1.165, 1.54) is 4.88 Å². The second-order valence-corrected chi connectivity index (χ2v) is 8.58. The Labute approximate surface area is 170 Å². The van der Waals surface area contributed by atoms with Gasteiger partial charge in [-0.05, 0) is 35.1 Å². The van der Waals surface area contributed by atoms with Crippen LogP contribution in [0.1, 0.15) is 55.9 Å². The summed E-state index contributed by atoms with van der Waals surface area (Å²) < 4.78 is 2.15. The van der Waals surface area contributed by atoms with Gasteiger partial charge in [0.05, 0.1) is 6.04 Å². The van der Waals surface area contributed by atoms with Gasteiger partial charge >= 0.3 is 6.03 Å². The zero-order valence-corrected chi connectivity index (χ0v) is 17.7. The molecule has 2 heterocycles. The van der Waals surface area contributed by atoms with E-state index < -0.39 is 0 Å². The van der Waals surface area contributed by atoms with Crippen molar-refractivity contribution in [3.8, 4) is 0 Å². The fraction of sp³-hybridized carbons (Fsp3) is 0.364. The highest BCUT2D eigenvalue weighted by molar-refractivity contribution is 7.10. The van der Waals surface area contributed by atoms with Crippen molar-refractivity contribution >= 4 is 23.1 Å². The molecule has 3 aromatic rings. The largest absolute Gasteiger partial charge is 0.330 e. The number of hydrogen-bond donors (Lipinski definition) is 2. The van der Waals surface area contributed by atoms with Crippen LogP contribution in [0.3, 0.4) is 0 Å². The summed E-state index contributed by atoms with van der Waals surface area (Å²) in [6, 6.07) is 11.9. The Bertz CT molecular complexity index is 899. The van der Waals surface area contributed by atoms with Crippen LogP contribution in [0.4, 0.5) is 10.5 Å². The number of hydrogen-bond acceptors (Lipinski definition) is 3. The van der Waals surface area contributed by atoms with Gasteiger partial charge in [0.2, 0.25) is 0 Å². The van der Waals surface area contributed by atoms with Gasteiger partial charge in [-0.2, -0.15) is 0 Å². The van der Waals surface area contributed by atoms with Crippen LogP contribution in [0.15, 0.2) is 54.2 Å². The summed E-state index contributed by atoms with van der Waals surface area (Å²) in [5, 5.41) is 8.11. The molecule has 0 bridgehead atoms. The summed E-state index contributed by atoms with van der Waals surface area (Å²) in [7, 11) is 0. The molecule has 1 aromatic carbocycles. The quantitative estimate of drug-likeness (QED) is 0.543. The average molecular weight is 397 g/mol. The summed E-state index contributed by atoms with van der Waals surface area (Å²) in [4.78, 5) is 18.2. The van der Waals surface area contributed by atoms with Gasteiger partial charge in [0.25, 0.3) is 0 Å². The van der Waals surface area contributed by atoms with E-state index in [1.54, 1.807) is 11.3 Å². The van der Waals surface area contributed by atoms with Crippen molar-refractivity contribution in [1.82, 2.24) is 14.9 Å². The van der Waals surface area contributed by atoms with Gasteiger partial charge in [-0.15, -0.1) is 11.3 Å². The molecule has 2 aromatic heterocycles. The van der Waals surface area contributed by atoms with Crippen molar-refractivity contribution in [2.75, 3.05) is 5.32 Å². The second kappa shape index (κ2) is 9.06. The van der Waals surface area contributed by atoms with Crippen LogP contribution in [0.25, 0.3) is 0 Å². The molecule has 0 radical (unpaired) electrons. The van der Waals surface area contributed by atoms with Crippen LogP contribution in [-0.4, -0.2) is 15.6 Å². The average Bonchev–Trinajstić information content (AvgIpc) is 3.31. The second-order valence-electron chi connectivity index (χ2n) is 7.60. The third-order valence-corrected chi connectivity index (χ3v) is 5.56. The van der Waals surface area contributed by atoms with Gasteiger partial charge in [0.15, 0.2) is 0 Å². The van der Waals surface area contributed by atoms with E-state index in [9.17, 15) is 4.79 Å². The van der Waals surface area contributed by atoms with Gasteiger partial charge in [-0.1, -0.05) is 45.9 Å². The van der Waals surface area contributed by atoms with Crippen molar-refractivity contribution in [2.24, 2.45) is 5.92 Å². The highest BCUT2D eigenvalue weighted by Gasteiger charge is 2.19.